The maximum absolute atomic E-state index is 11.7. The second-order valence-electron chi connectivity index (χ2n) is 4.91. The molecule has 0 atom stereocenters. The van der Waals surface area contributed by atoms with Gasteiger partial charge in [-0.1, -0.05) is 11.8 Å². The number of hydrogen-bond donors (Lipinski definition) is 0. The minimum absolute atomic E-state index is 0.112. The molecule has 0 fully saturated rings. The van der Waals surface area contributed by atoms with Crippen molar-refractivity contribution in [1.82, 2.24) is 4.98 Å². The van der Waals surface area contributed by atoms with Crippen LogP contribution in [0.25, 0.3) is 11.3 Å². The van der Waals surface area contributed by atoms with Crippen LogP contribution in [0.2, 0.25) is 0 Å². The summed E-state index contributed by atoms with van der Waals surface area (Å²) in [6.07, 6.45) is 1.40. The first-order valence-electron chi connectivity index (χ1n) is 6.79. The van der Waals surface area contributed by atoms with Crippen LogP contribution in [0.3, 0.4) is 0 Å². The summed E-state index contributed by atoms with van der Waals surface area (Å²) in [5, 5.41) is 9.95. The number of rotatable bonds is 5. The van der Waals surface area contributed by atoms with Crippen molar-refractivity contribution in [2.75, 3.05) is 5.75 Å². The molecule has 0 bridgehead atoms. The van der Waals surface area contributed by atoms with E-state index < -0.39 is 0 Å². The molecule has 0 amide bonds. The molecule has 0 radical (unpaired) electrons. The van der Waals surface area contributed by atoms with Gasteiger partial charge in [-0.05, 0) is 39.0 Å². The third-order valence-corrected chi connectivity index (χ3v) is 3.66. The number of furan rings is 1. The van der Waals surface area contributed by atoms with E-state index in [1.165, 1.54) is 11.8 Å². The van der Waals surface area contributed by atoms with Gasteiger partial charge in [-0.2, -0.15) is 5.26 Å². The van der Waals surface area contributed by atoms with Gasteiger partial charge in [0.1, 0.15) is 16.9 Å². The highest BCUT2D eigenvalue weighted by Gasteiger charge is 2.17. The molecule has 0 unspecified atom stereocenters. The van der Waals surface area contributed by atoms with Gasteiger partial charge in [0.05, 0.1) is 23.7 Å². The van der Waals surface area contributed by atoms with Crippen LogP contribution in [0.15, 0.2) is 33.9 Å². The normalized spacial score (nSPS) is 10.5. The lowest BCUT2D eigenvalue weighted by atomic mass is 10.1. The number of esters is 1. The fourth-order valence-corrected chi connectivity index (χ4v) is 2.74. The lowest BCUT2D eigenvalue weighted by molar-refractivity contribution is -0.144. The standard InChI is InChI=1S/C16H16N2O3S/c1-10(2)21-15(19)9-22-16-13(8-17)12(7-11(3)18-16)14-5-4-6-20-14/h4-7,10H,9H2,1-3H3. The molecule has 6 heteroatoms. The fraction of sp³-hybridized carbons (Fsp3) is 0.312. The van der Waals surface area contributed by atoms with Crippen LogP contribution in [0, 0.1) is 18.3 Å². The summed E-state index contributed by atoms with van der Waals surface area (Å²) in [5.41, 5.74) is 1.84. The largest absolute Gasteiger partial charge is 0.464 e. The van der Waals surface area contributed by atoms with E-state index in [0.717, 1.165) is 5.69 Å². The van der Waals surface area contributed by atoms with Crippen LogP contribution in [0.5, 0.6) is 0 Å². The van der Waals surface area contributed by atoms with Gasteiger partial charge in [0, 0.05) is 11.3 Å². The number of nitriles is 1. The smallest absolute Gasteiger partial charge is 0.316 e. The van der Waals surface area contributed by atoms with E-state index in [2.05, 4.69) is 11.1 Å². The minimum Gasteiger partial charge on any atom is -0.464 e. The van der Waals surface area contributed by atoms with Crippen LogP contribution in [-0.2, 0) is 9.53 Å². The lowest BCUT2D eigenvalue weighted by Gasteiger charge is -2.10. The van der Waals surface area contributed by atoms with Crippen molar-refractivity contribution < 1.29 is 13.9 Å². The number of carbonyl (C=O) groups is 1. The third kappa shape index (κ3) is 3.89. The summed E-state index contributed by atoms with van der Waals surface area (Å²) in [6.45, 7) is 5.43. The number of carbonyl (C=O) groups excluding carboxylic acids is 1. The highest BCUT2D eigenvalue weighted by atomic mass is 32.2. The van der Waals surface area contributed by atoms with Gasteiger partial charge >= 0.3 is 5.97 Å². The first-order chi connectivity index (χ1) is 10.5. The second kappa shape index (κ2) is 7.14. The first kappa shape index (κ1) is 16.1. The summed E-state index contributed by atoms with van der Waals surface area (Å²) < 4.78 is 10.5. The van der Waals surface area contributed by atoms with Crippen molar-refractivity contribution in [3.05, 3.63) is 35.7 Å². The summed E-state index contributed by atoms with van der Waals surface area (Å²) in [5.74, 6) is 0.390. The molecule has 2 aromatic rings. The fourth-order valence-electron chi connectivity index (χ4n) is 1.91. The average molecular weight is 316 g/mol. The Morgan fingerprint density at radius 2 is 2.32 bits per heavy atom. The predicted molar refractivity (Wildman–Crippen MR) is 83.3 cm³/mol. The van der Waals surface area contributed by atoms with E-state index in [1.807, 2.05) is 6.92 Å². The van der Waals surface area contributed by atoms with E-state index >= 15 is 0 Å². The molecule has 0 N–H and O–H groups in total. The molecule has 114 valence electrons. The summed E-state index contributed by atoms with van der Waals surface area (Å²) >= 11 is 1.20. The SMILES string of the molecule is Cc1cc(-c2ccco2)c(C#N)c(SCC(=O)OC(C)C)n1. The maximum atomic E-state index is 11.7. The van der Waals surface area contributed by atoms with E-state index in [0.29, 0.717) is 21.9 Å². The van der Waals surface area contributed by atoms with Crippen molar-refractivity contribution in [2.24, 2.45) is 0 Å². The van der Waals surface area contributed by atoms with Crippen molar-refractivity contribution in [3.8, 4) is 17.4 Å². The van der Waals surface area contributed by atoms with E-state index in [4.69, 9.17) is 9.15 Å². The summed E-state index contributed by atoms with van der Waals surface area (Å²) in [7, 11) is 0. The number of hydrogen-bond acceptors (Lipinski definition) is 6. The number of aryl methyl sites for hydroxylation is 1. The van der Waals surface area contributed by atoms with Crippen LogP contribution >= 0.6 is 11.8 Å². The van der Waals surface area contributed by atoms with Gasteiger partial charge < -0.3 is 9.15 Å². The monoisotopic (exact) mass is 316 g/mol. The quantitative estimate of drug-likeness (QED) is 0.620. The molecule has 0 saturated heterocycles. The number of ether oxygens (including phenoxy) is 1. The third-order valence-electron chi connectivity index (χ3n) is 2.71. The number of nitrogens with zero attached hydrogens (tertiary/aromatic N) is 2. The zero-order chi connectivity index (χ0) is 16.1. The Bertz CT molecular complexity index is 703. The van der Waals surface area contributed by atoms with E-state index in [1.54, 1.807) is 38.3 Å². The highest BCUT2D eigenvalue weighted by molar-refractivity contribution is 7.99. The molecule has 0 aromatic carbocycles. The van der Waals surface area contributed by atoms with E-state index in [-0.39, 0.29) is 17.8 Å². The molecule has 2 aromatic heterocycles. The van der Waals surface area contributed by atoms with Crippen molar-refractivity contribution in [1.29, 1.82) is 5.26 Å². The second-order valence-corrected chi connectivity index (χ2v) is 5.87. The maximum Gasteiger partial charge on any atom is 0.316 e. The molecule has 0 aliphatic heterocycles. The Morgan fingerprint density at radius 3 is 2.91 bits per heavy atom. The number of pyridine rings is 1. The summed E-state index contributed by atoms with van der Waals surface area (Å²) in [4.78, 5) is 16.0. The molecule has 0 aliphatic rings. The van der Waals surface area contributed by atoms with Gasteiger partial charge in [-0.15, -0.1) is 0 Å². The van der Waals surface area contributed by atoms with Crippen LogP contribution in [0.4, 0.5) is 0 Å². The van der Waals surface area contributed by atoms with Crippen molar-refractivity contribution >= 4 is 17.7 Å². The average Bonchev–Trinajstić information content (AvgIpc) is 2.97. The van der Waals surface area contributed by atoms with Crippen molar-refractivity contribution in [2.45, 2.75) is 31.9 Å². The number of aromatic nitrogens is 1. The molecular weight excluding hydrogens is 300 g/mol. The topological polar surface area (TPSA) is 76.1 Å². The molecule has 0 aliphatic carbocycles. The zero-order valence-electron chi connectivity index (χ0n) is 12.6. The highest BCUT2D eigenvalue weighted by Crippen LogP contribution is 2.31. The Balaban J connectivity index is 2.28. The zero-order valence-corrected chi connectivity index (χ0v) is 13.4. The molecule has 5 nitrogen and oxygen atoms in total. The first-order valence-corrected chi connectivity index (χ1v) is 7.77. The lowest BCUT2D eigenvalue weighted by Crippen LogP contribution is -2.13. The van der Waals surface area contributed by atoms with Crippen LogP contribution < -0.4 is 0 Å². The van der Waals surface area contributed by atoms with Gasteiger partial charge in [0.25, 0.3) is 0 Å². The number of thioether (sulfide) groups is 1. The van der Waals surface area contributed by atoms with Crippen molar-refractivity contribution in [3.63, 3.8) is 0 Å². The van der Waals surface area contributed by atoms with Gasteiger partial charge in [-0.25, -0.2) is 4.98 Å². The van der Waals surface area contributed by atoms with Crippen LogP contribution in [-0.4, -0.2) is 22.8 Å². The van der Waals surface area contributed by atoms with E-state index in [9.17, 15) is 10.1 Å². The molecule has 0 saturated carbocycles. The Morgan fingerprint density at radius 1 is 1.55 bits per heavy atom. The van der Waals surface area contributed by atoms with Gasteiger partial charge in [0.2, 0.25) is 0 Å². The Labute approximate surface area is 133 Å². The predicted octanol–water partition coefficient (Wildman–Crippen LogP) is 3.57. The Hall–Kier alpha value is -2.26. The molecule has 2 heterocycles. The summed E-state index contributed by atoms with van der Waals surface area (Å²) in [6, 6.07) is 7.50. The van der Waals surface area contributed by atoms with Gasteiger partial charge in [-0.3, -0.25) is 4.79 Å². The minimum atomic E-state index is -0.327. The van der Waals surface area contributed by atoms with Gasteiger partial charge in [0.15, 0.2) is 0 Å². The molecular formula is C16H16N2O3S. The Kier molecular flexibility index (Phi) is 5.23. The molecule has 0 spiro atoms. The van der Waals surface area contributed by atoms with Crippen LogP contribution in [0.1, 0.15) is 25.1 Å². The molecule has 22 heavy (non-hydrogen) atoms. The molecule has 2 rings (SSSR count).